The van der Waals surface area contributed by atoms with Gasteiger partial charge in [0, 0.05) is 25.1 Å². The summed E-state index contributed by atoms with van der Waals surface area (Å²) < 4.78 is 30.1. The lowest BCUT2D eigenvalue weighted by atomic mass is 10.0. The predicted molar refractivity (Wildman–Crippen MR) is 160 cm³/mol. The Labute approximate surface area is 248 Å². The molecule has 0 aliphatic rings. The van der Waals surface area contributed by atoms with Crippen LogP contribution in [0.4, 0.5) is 4.79 Å². The van der Waals surface area contributed by atoms with Gasteiger partial charge >= 0.3 is 12.0 Å². The first kappa shape index (κ1) is 30.5. The molecule has 2 amide bonds. The van der Waals surface area contributed by atoms with Crippen LogP contribution in [0.5, 0.6) is 0 Å². The van der Waals surface area contributed by atoms with E-state index < -0.39 is 27.8 Å². The number of carboxylic acid groups (broad SMARTS) is 1. The number of sulfonamides is 1. The van der Waals surface area contributed by atoms with Gasteiger partial charge in [-0.2, -0.15) is 0 Å². The highest BCUT2D eigenvalue weighted by atomic mass is 32.2. The number of aliphatic carboxylic acids is 1. The maximum Gasteiger partial charge on any atom is 0.378 e. The molecule has 0 saturated carbocycles. The summed E-state index contributed by atoms with van der Waals surface area (Å²) in [6, 6.07) is 21.7. The van der Waals surface area contributed by atoms with Gasteiger partial charge in [-0.1, -0.05) is 79.7 Å². The Bertz CT molecular complexity index is 1700. The van der Waals surface area contributed by atoms with Crippen LogP contribution in [0, 0.1) is 0 Å². The first-order valence-corrected chi connectivity index (χ1v) is 15.8. The second kappa shape index (κ2) is 13.5. The zero-order chi connectivity index (χ0) is 30.3. The van der Waals surface area contributed by atoms with Crippen molar-refractivity contribution >= 4 is 39.6 Å². The van der Waals surface area contributed by atoms with E-state index in [0.29, 0.717) is 28.4 Å². The molecule has 3 aromatic carbocycles. The SMILES string of the molecule is CCCc1nc(SC)c(C(=O)C(=O)O)n1Cc1ccc(-c2ccccc2S(=O)(=O)NC(=O)NCc2ccccc2)cc1. The Morgan fingerprint density at radius 1 is 0.929 bits per heavy atom. The standard InChI is InChI=1S/C30H30N4O6S2/c1-3-9-25-32-28(41-2)26(27(35)29(36)37)34(25)19-21-14-16-22(17-15-21)23-12-7-8-13-24(23)42(39,40)33-30(38)31-18-20-10-5-4-6-11-20/h4-8,10-17H,3,9,18-19H2,1-2H3,(H,36,37)(H2,31,33,38). The fourth-order valence-corrected chi connectivity index (χ4v) is 6.18. The molecule has 4 rings (SSSR count). The van der Waals surface area contributed by atoms with E-state index in [-0.39, 0.29) is 23.7 Å². The number of aromatic nitrogens is 2. The quantitative estimate of drug-likeness (QED) is 0.119. The molecular formula is C30H30N4O6S2. The van der Waals surface area contributed by atoms with Crippen LogP contribution in [0.2, 0.25) is 0 Å². The molecule has 1 heterocycles. The number of hydrogen-bond donors (Lipinski definition) is 3. The number of ketones is 1. The molecule has 12 heteroatoms. The normalized spacial score (nSPS) is 11.2. The number of thioether (sulfide) groups is 1. The summed E-state index contributed by atoms with van der Waals surface area (Å²) in [6.07, 6.45) is 3.06. The number of nitrogens with zero attached hydrogens (tertiary/aromatic N) is 2. The smallest absolute Gasteiger partial charge is 0.378 e. The molecule has 0 unspecified atom stereocenters. The average Bonchev–Trinajstić information content (AvgIpc) is 3.33. The molecule has 0 atom stereocenters. The van der Waals surface area contributed by atoms with Crippen molar-refractivity contribution < 1.29 is 27.9 Å². The number of imidazole rings is 1. The summed E-state index contributed by atoms with van der Waals surface area (Å²) in [6.45, 7) is 2.35. The van der Waals surface area contributed by atoms with Crippen LogP contribution >= 0.6 is 11.8 Å². The Hall–Kier alpha value is -4.42. The van der Waals surface area contributed by atoms with E-state index in [1.807, 2.05) is 37.3 Å². The van der Waals surface area contributed by atoms with Crippen molar-refractivity contribution in [3.05, 3.63) is 102 Å². The Morgan fingerprint density at radius 3 is 2.24 bits per heavy atom. The fraction of sp³-hybridized carbons (Fsp3) is 0.200. The molecule has 4 aromatic rings. The number of aryl methyl sites for hydroxylation is 1. The second-order valence-corrected chi connectivity index (χ2v) is 11.8. The molecule has 218 valence electrons. The fourth-order valence-electron chi connectivity index (χ4n) is 4.43. The van der Waals surface area contributed by atoms with Crippen LogP contribution in [0.3, 0.4) is 0 Å². The zero-order valence-electron chi connectivity index (χ0n) is 23.0. The number of Topliss-reactive ketones (excluding diaryl/α,β-unsaturated/α-hetero) is 1. The Kier molecular flexibility index (Phi) is 9.81. The topological polar surface area (TPSA) is 147 Å². The highest BCUT2D eigenvalue weighted by Gasteiger charge is 2.27. The van der Waals surface area contributed by atoms with Gasteiger partial charge in [-0.25, -0.2) is 27.7 Å². The van der Waals surface area contributed by atoms with Crippen molar-refractivity contribution in [2.75, 3.05) is 6.26 Å². The van der Waals surface area contributed by atoms with Crippen LogP contribution in [-0.2, 0) is 34.3 Å². The summed E-state index contributed by atoms with van der Waals surface area (Å²) in [5.74, 6) is -1.96. The number of carboxylic acids is 1. The van der Waals surface area contributed by atoms with Gasteiger partial charge in [0.2, 0.25) is 0 Å². The number of rotatable bonds is 12. The summed E-state index contributed by atoms with van der Waals surface area (Å²) in [5, 5.41) is 12.3. The van der Waals surface area contributed by atoms with Crippen molar-refractivity contribution in [2.45, 2.75) is 42.8 Å². The minimum Gasteiger partial charge on any atom is -0.475 e. The molecule has 1 aromatic heterocycles. The Morgan fingerprint density at radius 2 is 1.60 bits per heavy atom. The van der Waals surface area contributed by atoms with Crippen LogP contribution in [0.15, 0.2) is 88.8 Å². The van der Waals surface area contributed by atoms with E-state index in [0.717, 1.165) is 17.5 Å². The Balaban J connectivity index is 1.58. The van der Waals surface area contributed by atoms with Gasteiger partial charge in [-0.05, 0) is 35.4 Å². The van der Waals surface area contributed by atoms with E-state index in [9.17, 15) is 27.9 Å². The molecule has 10 nitrogen and oxygen atoms in total. The third-order valence-electron chi connectivity index (χ3n) is 6.40. The number of hydrogen-bond acceptors (Lipinski definition) is 7. The van der Waals surface area contributed by atoms with Gasteiger partial charge in [0.25, 0.3) is 15.8 Å². The highest BCUT2D eigenvalue weighted by Crippen LogP contribution is 2.29. The number of urea groups is 1. The van der Waals surface area contributed by atoms with Gasteiger partial charge in [-0.3, -0.25) is 4.79 Å². The van der Waals surface area contributed by atoms with Crippen LogP contribution < -0.4 is 10.0 Å². The van der Waals surface area contributed by atoms with E-state index in [2.05, 4.69) is 15.0 Å². The van der Waals surface area contributed by atoms with Crippen molar-refractivity contribution in [1.82, 2.24) is 19.6 Å². The van der Waals surface area contributed by atoms with Gasteiger partial charge in [-0.15, -0.1) is 11.8 Å². The van der Waals surface area contributed by atoms with Gasteiger partial charge in [0.05, 0.1) is 4.90 Å². The van der Waals surface area contributed by atoms with Gasteiger partial charge < -0.3 is 15.0 Å². The van der Waals surface area contributed by atoms with Crippen LogP contribution in [0.25, 0.3) is 11.1 Å². The van der Waals surface area contributed by atoms with Gasteiger partial charge in [0.1, 0.15) is 16.5 Å². The lowest BCUT2D eigenvalue weighted by Crippen LogP contribution is -2.39. The number of carbonyl (C=O) groups is 3. The number of benzene rings is 3. The lowest BCUT2D eigenvalue weighted by molar-refractivity contribution is -0.131. The molecule has 0 radical (unpaired) electrons. The van der Waals surface area contributed by atoms with E-state index in [4.69, 9.17) is 0 Å². The summed E-state index contributed by atoms with van der Waals surface area (Å²) >= 11 is 1.21. The van der Waals surface area contributed by atoms with Crippen molar-refractivity contribution in [1.29, 1.82) is 0 Å². The third-order valence-corrected chi connectivity index (χ3v) is 8.46. The maximum atomic E-state index is 13.2. The number of carbonyl (C=O) groups excluding carboxylic acids is 2. The summed E-state index contributed by atoms with van der Waals surface area (Å²) in [7, 11) is -4.21. The van der Waals surface area contributed by atoms with E-state index >= 15 is 0 Å². The second-order valence-electron chi connectivity index (χ2n) is 9.32. The monoisotopic (exact) mass is 606 g/mol. The third kappa shape index (κ3) is 7.07. The number of nitrogens with one attached hydrogen (secondary N) is 2. The zero-order valence-corrected chi connectivity index (χ0v) is 24.7. The van der Waals surface area contributed by atoms with E-state index in [1.165, 1.54) is 17.8 Å². The summed E-state index contributed by atoms with van der Waals surface area (Å²) in [5.41, 5.74) is 2.62. The number of amides is 2. The largest absolute Gasteiger partial charge is 0.475 e. The first-order valence-electron chi connectivity index (χ1n) is 13.1. The maximum absolute atomic E-state index is 13.2. The molecular weight excluding hydrogens is 576 g/mol. The van der Waals surface area contributed by atoms with Crippen molar-refractivity contribution in [3.8, 4) is 11.1 Å². The van der Waals surface area contributed by atoms with Crippen molar-refractivity contribution in [2.24, 2.45) is 0 Å². The minimum absolute atomic E-state index is 0.0376. The molecule has 0 spiro atoms. The lowest BCUT2D eigenvalue weighted by Gasteiger charge is -2.14. The molecule has 0 bridgehead atoms. The van der Waals surface area contributed by atoms with Gasteiger partial charge in [0.15, 0.2) is 0 Å². The van der Waals surface area contributed by atoms with Crippen LogP contribution in [-0.4, -0.2) is 47.1 Å². The average molecular weight is 607 g/mol. The van der Waals surface area contributed by atoms with Crippen LogP contribution in [0.1, 0.15) is 40.8 Å². The predicted octanol–water partition coefficient (Wildman–Crippen LogP) is 4.73. The first-order chi connectivity index (χ1) is 20.1. The molecule has 0 saturated heterocycles. The molecule has 0 aliphatic heterocycles. The highest BCUT2D eigenvalue weighted by molar-refractivity contribution is 7.98. The molecule has 0 fully saturated rings. The van der Waals surface area contributed by atoms with E-state index in [1.54, 1.807) is 53.3 Å². The molecule has 42 heavy (non-hydrogen) atoms. The molecule has 3 N–H and O–H groups in total. The summed E-state index contributed by atoms with van der Waals surface area (Å²) in [4.78, 5) is 41.0. The van der Waals surface area contributed by atoms with Crippen molar-refractivity contribution in [3.63, 3.8) is 0 Å². The molecule has 0 aliphatic carbocycles. The minimum atomic E-state index is -4.21.